The van der Waals surface area contributed by atoms with Crippen molar-refractivity contribution in [3.8, 4) is 0 Å². The number of aliphatic imine (C=N–C) groups is 2. The summed E-state index contributed by atoms with van der Waals surface area (Å²) in [5.74, 6) is 1.61. The zero-order valence-electron chi connectivity index (χ0n) is 15.2. The Balaban J connectivity index is 1.41. The first kappa shape index (κ1) is 15.7. The van der Waals surface area contributed by atoms with Gasteiger partial charge in [-0.05, 0) is 31.2 Å². The minimum atomic E-state index is 0.154. The third-order valence-corrected chi connectivity index (χ3v) is 4.84. The molecule has 2 aliphatic heterocycles. The van der Waals surface area contributed by atoms with E-state index in [1.54, 1.807) is 0 Å². The third kappa shape index (κ3) is 2.77. The van der Waals surface area contributed by atoms with Crippen molar-refractivity contribution in [1.29, 1.82) is 0 Å². The van der Waals surface area contributed by atoms with Crippen molar-refractivity contribution in [3.63, 3.8) is 0 Å². The highest BCUT2D eigenvalue weighted by molar-refractivity contribution is 6.45. The number of hydrogen-bond donors (Lipinski definition) is 1. The zero-order chi connectivity index (χ0) is 18.4. The van der Waals surface area contributed by atoms with E-state index in [1.807, 2.05) is 61.6 Å². The van der Waals surface area contributed by atoms with Crippen LogP contribution in [-0.4, -0.2) is 37.9 Å². The van der Waals surface area contributed by atoms with Gasteiger partial charge < -0.3 is 10.2 Å². The van der Waals surface area contributed by atoms with Crippen LogP contribution < -0.4 is 5.32 Å². The Hall–Kier alpha value is -3.48. The molecule has 0 fully saturated rings. The Morgan fingerprint density at radius 1 is 1.19 bits per heavy atom. The van der Waals surface area contributed by atoms with Crippen molar-refractivity contribution in [1.82, 2.24) is 19.7 Å². The van der Waals surface area contributed by atoms with Crippen molar-refractivity contribution in [2.45, 2.75) is 13.0 Å². The van der Waals surface area contributed by atoms with Gasteiger partial charge in [-0.25, -0.2) is 4.99 Å². The van der Waals surface area contributed by atoms with E-state index < -0.39 is 0 Å². The van der Waals surface area contributed by atoms with Gasteiger partial charge >= 0.3 is 0 Å². The van der Waals surface area contributed by atoms with Crippen molar-refractivity contribution in [2.24, 2.45) is 17.0 Å². The van der Waals surface area contributed by atoms with Gasteiger partial charge in [0.2, 0.25) is 0 Å². The van der Waals surface area contributed by atoms with Gasteiger partial charge in [0, 0.05) is 48.0 Å². The lowest BCUT2D eigenvalue weighted by molar-refractivity contribution is 0.458. The molecule has 3 aromatic rings. The summed E-state index contributed by atoms with van der Waals surface area (Å²) in [6.45, 7) is 2.69. The smallest absolute Gasteiger partial charge is 0.173 e. The average Bonchev–Trinajstić information content (AvgIpc) is 3.28. The number of anilines is 1. The molecule has 134 valence electrons. The van der Waals surface area contributed by atoms with Crippen LogP contribution in [0.4, 0.5) is 5.69 Å². The van der Waals surface area contributed by atoms with E-state index >= 15 is 0 Å². The summed E-state index contributed by atoms with van der Waals surface area (Å²) in [6, 6.07) is 10.4. The quantitative estimate of drug-likeness (QED) is 0.765. The molecular formula is C20H19N7. The summed E-state index contributed by atoms with van der Waals surface area (Å²) < 4.78 is 1.82. The van der Waals surface area contributed by atoms with E-state index in [-0.39, 0.29) is 6.04 Å². The molecule has 0 radical (unpaired) electrons. The Morgan fingerprint density at radius 3 is 2.96 bits per heavy atom. The van der Waals surface area contributed by atoms with Crippen LogP contribution in [0, 0.1) is 6.92 Å². The topological polar surface area (TPSA) is 70.7 Å². The molecule has 1 atom stereocenters. The molecule has 0 amide bonds. The van der Waals surface area contributed by atoms with Crippen molar-refractivity contribution in [2.75, 3.05) is 11.9 Å². The van der Waals surface area contributed by atoms with Crippen LogP contribution in [0.3, 0.4) is 0 Å². The fourth-order valence-electron chi connectivity index (χ4n) is 3.51. The van der Waals surface area contributed by atoms with Crippen LogP contribution in [0.1, 0.15) is 17.3 Å². The number of amidine groups is 2. The summed E-state index contributed by atoms with van der Waals surface area (Å²) in [5.41, 5.74) is 4.12. The van der Waals surface area contributed by atoms with Crippen LogP contribution in [0.25, 0.3) is 10.9 Å². The highest BCUT2D eigenvalue weighted by Crippen LogP contribution is 2.29. The molecule has 0 spiro atoms. The highest BCUT2D eigenvalue weighted by atomic mass is 15.3. The molecule has 1 unspecified atom stereocenters. The minimum absolute atomic E-state index is 0.154. The monoisotopic (exact) mass is 357 g/mol. The highest BCUT2D eigenvalue weighted by Gasteiger charge is 2.32. The van der Waals surface area contributed by atoms with E-state index in [0.29, 0.717) is 6.54 Å². The van der Waals surface area contributed by atoms with Crippen LogP contribution >= 0.6 is 0 Å². The number of aryl methyl sites for hydroxylation is 2. The standard InChI is InChI=1S/C20H19N7/c1-13-3-4-14-9-16(5-6-17(14)24-13)25-19-20-22-11-18(27(20)8-7-21-19)15-10-23-26(2)12-15/h3-10,12,18H,11H2,1-2H3,(H,21,25). The SMILES string of the molecule is Cc1ccc2cc(NC3=NC=CN4C3=NCC4c3cnn(C)c3)ccc2n1. The second-order valence-corrected chi connectivity index (χ2v) is 6.80. The Labute approximate surface area is 156 Å². The van der Waals surface area contributed by atoms with E-state index in [0.717, 1.165) is 39.5 Å². The molecule has 5 rings (SSSR count). The number of hydrogen-bond acceptors (Lipinski definition) is 6. The number of pyridine rings is 1. The van der Waals surface area contributed by atoms with Crippen molar-refractivity contribution >= 4 is 28.3 Å². The molecule has 4 heterocycles. The third-order valence-electron chi connectivity index (χ3n) is 4.84. The number of nitrogens with zero attached hydrogens (tertiary/aromatic N) is 6. The lowest BCUT2D eigenvalue weighted by atomic mass is 10.1. The summed E-state index contributed by atoms with van der Waals surface area (Å²) in [5, 5.41) is 8.79. The fourth-order valence-corrected chi connectivity index (χ4v) is 3.51. The number of fused-ring (bicyclic) bond motifs is 2. The summed E-state index contributed by atoms with van der Waals surface area (Å²) in [7, 11) is 1.93. The van der Waals surface area contributed by atoms with Gasteiger partial charge in [0.25, 0.3) is 0 Å². The number of aromatic nitrogens is 3. The van der Waals surface area contributed by atoms with Gasteiger partial charge in [-0.3, -0.25) is 14.7 Å². The molecule has 0 saturated carbocycles. The second kappa shape index (κ2) is 6.05. The molecule has 1 N–H and O–H groups in total. The molecule has 2 aliphatic rings. The van der Waals surface area contributed by atoms with Crippen molar-refractivity contribution in [3.05, 3.63) is 66.4 Å². The molecule has 7 nitrogen and oxygen atoms in total. The van der Waals surface area contributed by atoms with E-state index in [2.05, 4.69) is 37.4 Å². The Morgan fingerprint density at radius 2 is 2.11 bits per heavy atom. The van der Waals surface area contributed by atoms with Gasteiger partial charge in [0.15, 0.2) is 11.7 Å². The van der Waals surface area contributed by atoms with Gasteiger partial charge in [0.1, 0.15) is 0 Å². The maximum atomic E-state index is 4.72. The molecule has 7 heteroatoms. The average molecular weight is 357 g/mol. The van der Waals surface area contributed by atoms with Crippen molar-refractivity contribution < 1.29 is 0 Å². The van der Waals surface area contributed by atoms with E-state index in [1.165, 1.54) is 0 Å². The Bertz CT molecular complexity index is 1120. The van der Waals surface area contributed by atoms with Gasteiger partial charge in [-0.1, -0.05) is 6.07 Å². The fraction of sp³-hybridized carbons (Fsp3) is 0.200. The zero-order valence-corrected chi connectivity index (χ0v) is 15.2. The minimum Gasteiger partial charge on any atom is -0.337 e. The maximum Gasteiger partial charge on any atom is 0.173 e. The first-order valence-electron chi connectivity index (χ1n) is 8.88. The van der Waals surface area contributed by atoms with Crippen LogP contribution in [0.15, 0.2) is 65.1 Å². The first-order chi connectivity index (χ1) is 13.2. The largest absolute Gasteiger partial charge is 0.337 e. The molecule has 1 aromatic carbocycles. The first-order valence-corrected chi connectivity index (χ1v) is 8.88. The number of benzene rings is 1. The molecule has 27 heavy (non-hydrogen) atoms. The second-order valence-electron chi connectivity index (χ2n) is 6.80. The van der Waals surface area contributed by atoms with E-state index in [4.69, 9.17) is 4.99 Å². The number of rotatable bonds is 2. The van der Waals surface area contributed by atoms with Crippen LogP contribution in [-0.2, 0) is 7.05 Å². The molecule has 2 aromatic heterocycles. The summed E-state index contributed by atoms with van der Waals surface area (Å²) in [6.07, 6.45) is 7.71. The van der Waals surface area contributed by atoms with Crippen LogP contribution in [0.5, 0.6) is 0 Å². The maximum absolute atomic E-state index is 4.72. The summed E-state index contributed by atoms with van der Waals surface area (Å²) in [4.78, 5) is 15.9. The molecule has 0 saturated heterocycles. The normalized spacial score (nSPS) is 18.4. The molecule has 0 bridgehead atoms. The molecular weight excluding hydrogens is 338 g/mol. The van der Waals surface area contributed by atoms with Gasteiger partial charge in [-0.2, -0.15) is 5.10 Å². The van der Waals surface area contributed by atoms with Gasteiger partial charge in [0.05, 0.1) is 24.3 Å². The lowest BCUT2D eigenvalue weighted by Crippen LogP contribution is -2.37. The van der Waals surface area contributed by atoms with Gasteiger partial charge in [-0.15, -0.1) is 0 Å². The molecule has 0 aliphatic carbocycles. The number of nitrogens with one attached hydrogen (secondary N) is 1. The lowest BCUT2D eigenvalue weighted by Gasteiger charge is -2.26. The Kier molecular flexibility index (Phi) is 3.53. The predicted octanol–water partition coefficient (Wildman–Crippen LogP) is 3.03. The van der Waals surface area contributed by atoms with E-state index in [9.17, 15) is 0 Å². The van der Waals surface area contributed by atoms with Crippen LogP contribution in [0.2, 0.25) is 0 Å². The predicted molar refractivity (Wildman–Crippen MR) is 107 cm³/mol. The summed E-state index contributed by atoms with van der Waals surface area (Å²) >= 11 is 0.